The highest BCUT2D eigenvalue weighted by atomic mass is 16.3. The van der Waals surface area contributed by atoms with Gasteiger partial charge in [0.2, 0.25) is 11.9 Å². The summed E-state index contributed by atoms with van der Waals surface area (Å²) in [7, 11) is 0. The van der Waals surface area contributed by atoms with Crippen LogP contribution in [0, 0.1) is 0 Å². The van der Waals surface area contributed by atoms with Gasteiger partial charge < -0.3 is 20.0 Å². The van der Waals surface area contributed by atoms with E-state index in [-0.39, 0.29) is 5.95 Å². The molecule has 0 aliphatic heterocycles. The van der Waals surface area contributed by atoms with E-state index in [0.29, 0.717) is 12.5 Å². The Labute approximate surface area is 136 Å². The maximum absolute atomic E-state index is 11.7. The van der Waals surface area contributed by atoms with E-state index in [1.807, 2.05) is 36.5 Å². The zero-order chi connectivity index (χ0) is 16.4. The average molecular weight is 322 g/mol. The second-order valence-electron chi connectivity index (χ2n) is 5.16. The summed E-state index contributed by atoms with van der Waals surface area (Å²) in [4.78, 5) is 25.5. The predicted molar refractivity (Wildman–Crippen MR) is 90.3 cm³/mol. The lowest BCUT2D eigenvalue weighted by Crippen LogP contribution is -2.17. The molecule has 0 bridgehead atoms. The number of rotatable bonds is 5. The minimum atomic E-state index is -0.489. The standard InChI is InChI=1S/C16H14N6O2/c23-16-21-14(18-9-12-2-1-7-24-12)20-15(22-16)19-11-3-4-13-10(8-11)5-6-17-13/h1-8,17H,9H2,(H3,18,19,20,21,22,23). The molecule has 0 aliphatic rings. The fourth-order valence-corrected chi connectivity index (χ4v) is 2.37. The van der Waals surface area contributed by atoms with E-state index in [1.54, 1.807) is 12.3 Å². The quantitative estimate of drug-likeness (QED) is 0.449. The maximum Gasteiger partial charge on any atom is 0.351 e. The number of nitrogens with one attached hydrogen (secondary N) is 4. The fraction of sp³-hybridized carbons (Fsp3) is 0.0625. The molecule has 4 N–H and O–H groups in total. The summed E-state index contributed by atoms with van der Waals surface area (Å²) in [5.74, 6) is 1.26. The number of nitrogens with zero attached hydrogens (tertiary/aromatic N) is 2. The molecule has 1 aromatic carbocycles. The topological polar surface area (TPSA) is 112 Å². The van der Waals surface area contributed by atoms with Crippen LogP contribution in [-0.2, 0) is 6.54 Å². The zero-order valence-electron chi connectivity index (χ0n) is 12.5. The van der Waals surface area contributed by atoms with Crippen LogP contribution in [0.1, 0.15) is 5.76 Å². The average Bonchev–Trinajstić information content (AvgIpc) is 3.23. The van der Waals surface area contributed by atoms with Crippen molar-refractivity contribution in [2.45, 2.75) is 6.54 Å². The Hall–Kier alpha value is -3.55. The van der Waals surface area contributed by atoms with Crippen LogP contribution in [0.2, 0.25) is 0 Å². The van der Waals surface area contributed by atoms with Gasteiger partial charge in [0.05, 0.1) is 12.8 Å². The van der Waals surface area contributed by atoms with Crippen LogP contribution in [0.3, 0.4) is 0 Å². The first-order chi connectivity index (χ1) is 11.8. The van der Waals surface area contributed by atoms with Gasteiger partial charge in [-0.15, -0.1) is 0 Å². The van der Waals surface area contributed by atoms with E-state index in [9.17, 15) is 4.79 Å². The Morgan fingerprint density at radius 1 is 1.17 bits per heavy atom. The molecule has 24 heavy (non-hydrogen) atoms. The van der Waals surface area contributed by atoms with Gasteiger partial charge in [0.15, 0.2) is 0 Å². The second kappa shape index (κ2) is 5.92. The molecule has 3 aromatic heterocycles. The number of H-pyrrole nitrogens is 2. The smallest absolute Gasteiger partial charge is 0.351 e. The summed E-state index contributed by atoms with van der Waals surface area (Å²) >= 11 is 0. The molecule has 0 unspecified atom stereocenters. The first-order valence-electron chi connectivity index (χ1n) is 7.35. The maximum atomic E-state index is 11.7. The van der Waals surface area contributed by atoms with Gasteiger partial charge in [-0.3, -0.25) is 4.98 Å². The molecule has 0 fully saturated rings. The first-order valence-corrected chi connectivity index (χ1v) is 7.35. The minimum absolute atomic E-state index is 0.223. The Kier molecular flexibility index (Phi) is 3.47. The third-order valence-corrected chi connectivity index (χ3v) is 3.47. The van der Waals surface area contributed by atoms with E-state index in [4.69, 9.17) is 4.42 Å². The van der Waals surface area contributed by atoms with Crippen LogP contribution in [0.5, 0.6) is 0 Å². The van der Waals surface area contributed by atoms with Gasteiger partial charge in [0, 0.05) is 22.8 Å². The van der Waals surface area contributed by atoms with E-state index in [0.717, 1.165) is 22.4 Å². The Morgan fingerprint density at radius 3 is 3.00 bits per heavy atom. The molecule has 0 saturated carbocycles. The predicted octanol–water partition coefficient (Wildman–Crippen LogP) is 2.59. The van der Waals surface area contributed by atoms with Crippen LogP contribution in [-0.4, -0.2) is 19.9 Å². The third-order valence-electron chi connectivity index (χ3n) is 3.47. The molecule has 0 spiro atoms. The van der Waals surface area contributed by atoms with Gasteiger partial charge in [-0.05, 0) is 36.4 Å². The number of fused-ring (bicyclic) bond motifs is 1. The molecule has 0 saturated heterocycles. The van der Waals surface area contributed by atoms with Gasteiger partial charge in [-0.1, -0.05) is 0 Å². The summed E-state index contributed by atoms with van der Waals surface area (Å²) in [6.07, 6.45) is 3.46. The summed E-state index contributed by atoms with van der Waals surface area (Å²) in [6.45, 7) is 0.394. The summed E-state index contributed by atoms with van der Waals surface area (Å²) < 4.78 is 5.22. The van der Waals surface area contributed by atoms with Crippen LogP contribution >= 0.6 is 0 Å². The largest absolute Gasteiger partial charge is 0.467 e. The molecule has 8 nitrogen and oxygen atoms in total. The molecular formula is C16H14N6O2. The van der Waals surface area contributed by atoms with E-state index in [1.165, 1.54) is 0 Å². The minimum Gasteiger partial charge on any atom is -0.467 e. The molecule has 0 atom stereocenters. The highest BCUT2D eigenvalue weighted by Gasteiger charge is 2.05. The fourth-order valence-electron chi connectivity index (χ4n) is 2.37. The molecule has 0 aliphatic carbocycles. The Bertz CT molecular complexity index is 1020. The highest BCUT2D eigenvalue weighted by Crippen LogP contribution is 2.19. The normalized spacial score (nSPS) is 10.8. The van der Waals surface area contributed by atoms with Crippen molar-refractivity contribution in [3.8, 4) is 0 Å². The van der Waals surface area contributed by atoms with Crippen LogP contribution in [0.15, 0.2) is 58.1 Å². The molecule has 4 rings (SSSR count). The number of hydrogen-bond acceptors (Lipinski definition) is 6. The van der Waals surface area contributed by atoms with Crippen molar-refractivity contribution in [1.29, 1.82) is 0 Å². The summed E-state index contributed by atoms with van der Waals surface area (Å²) in [5.41, 5.74) is 1.36. The van der Waals surface area contributed by atoms with Gasteiger partial charge in [0.25, 0.3) is 0 Å². The highest BCUT2D eigenvalue weighted by molar-refractivity contribution is 5.83. The number of hydrogen-bond donors (Lipinski definition) is 4. The van der Waals surface area contributed by atoms with E-state index < -0.39 is 5.69 Å². The van der Waals surface area contributed by atoms with Crippen molar-refractivity contribution in [2.24, 2.45) is 0 Å². The molecular weight excluding hydrogens is 308 g/mol. The van der Waals surface area contributed by atoms with Crippen molar-refractivity contribution in [2.75, 3.05) is 10.6 Å². The number of benzene rings is 1. The van der Waals surface area contributed by atoms with E-state index >= 15 is 0 Å². The monoisotopic (exact) mass is 322 g/mol. The third kappa shape index (κ3) is 2.98. The SMILES string of the molecule is O=c1nc(NCc2ccco2)nc(Nc2ccc3[nH]ccc3c2)[nH]1. The number of furan rings is 1. The summed E-state index contributed by atoms with van der Waals surface area (Å²) in [5, 5.41) is 7.10. The van der Waals surface area contributed by atoms with Gasteiger partial charge in [0.1, 0.15) is 5.76 Å². The number of anilines is 3. The second-order valence-corrected chi connectivity index (χ2v) is 5.16. The lowest BCUT2D eigenvalue weighted by atomic mass is 10.2. The van der Waals surface area contributed by atoms with Crippen molar-refractivity contribution >= 4 is 28.5 Å². The van der Waals surface area contributed by atoms with Crippen molar-refractivity contribution in [1.82, 2.24) is 19.9 Å². The molecule has 120 valence electrons. The van der Waals surface area contributed by atoms with Crippen LogP contribution in [0.4, 0.5) is 17.6 Å². The molecule has 0 radical (unpaired) electrons. The van der Waals surface area contributed by atoms with Gasteiger partial charge in [-0.25, -0.2) is 4.79 Å². The van der Waals surface area contributed by atoms with Crippen molar-refractivity contribution in [3.05, 3.63) is 65.1 Å². The lowest BCUT2D eigenvalue weighted by Gasteiger charge is -2.07. The first kappa shape index (κ1) is 14.1. The van der Waals surface area contributed by atoms with Crippen LogP contribution in [0.25, 0.3) is 10.9 Å². The van der Waals surface area contributed by atoms with Gasteiger partial charge >= 0.3 is 5.69 Å². The number of aromatic amines is 2. The molecule has 8 heteroatoms. The number of aromatic nitrogens is 4. The van der Waals surface area contributed by atoms with Crippen molar-refractivity contribution < 1.29 is 4.42 Å². The molecule has 4 aromatic rings. The van der Waals surface area contributed by atoms with Crippen molar-refractivity contribution in [3.63, 3.8) is 0 Å². The van der Waals surface area contributed by atoms with Crippen LogP contribution < -0.4 is 16.3 Å². The van der Waals surface area contributed by atoms with E-state index in [2.05, 4.69) is 30.6 Å². The molecule has 3 heterocycles. The zero-order valence-corrected chi connectivity index (χ0v) is 12.5. The Morgan fingerprint density at radius 2 is 2.12 bits per heavy atom. The molecule has 0 amide bonds. The van der Waals surface area contributed by atoms with Gasteiger partial charge in [-0.2, -0.15) is 9.97 Å². The summed E-state index contributed by atoms with van der Waals surface area (Å²) in [6, 6.07) is 11.4. The lowest BCUT2D eigenvalue weighted by molar-refractivity contribution is 0.517. The Balaban J connectivity index is 1.54.